The molecule has 1 aromatic rings. The molecule has 1 aliphatic heterocycles. The van der Waals surface area contributed by atoms with Crippen LogP contribution in [-0.2, 0) is 11.2 Å². The van der Waals surface area contributed by atoms with E-state index in [9.17, 15) is 4.39 Å². The third-order valence-corrected chi connectivity index (χ3v) is 3.77. The average Bonchev–Trinajstić information content (AvgIpc) is 2.34. The van der Waals surface area contributed by atoms with Gasteiger partial charge in [-0.1, -0.05) is 6.07 Å². The number of piperidine rings is 1. The second kappa shape index (κ2) is 5.15. The molecule has 1 saturated heterocycles. The summed E-state index contributed by atoms with van der Waals surface area (Å²) in [5, 5.41) is 3.34. The lowest BCUT2D eigenvalue weighted by atomic mass is 9.84. The fourth-order valence-corrected chi connectivity index (χ4v) is 2.54. The Morgan fingerprint density at radius 2 is 2.06 bits per heavy atom. The Morgan fingerprint density at radius 3 is 2.65 bits per heavy atom. The number of benzene rings is 1. The van der Waals surface area contributed by atoms with E-state index in [2.05, 4.69) is 5.32 Å². The average molecular weight is 237 g/mol. The molecule has 0 saturated carbocycles. The molecular weight excluding hydrogens is 217 g/mol. The number of hydrogen-bond acceptors (Lipinski definition) is 2. The Bertz CT molecular complexity index is 386. The van der Waals surface area contributed by atoms with E-state index in [4.69, 9.17) is 4.74 Å². The second-order valence-electron chi connectivity index (χ2n) is 4.88. The van der Waals surface area contributed by atoms with Crippen molar-refractivity contribution in [3.63, 3.8) is 0 Å². The molecule has 2 rings (SSSR count). The van der Waals surface area contributed by atoms with Gasteiger partial charge in [-0.25, -0.2) is 4.39 Å². The van der Waals surface area contributed by atoms with E-state index < -0.39 is 0 Å². The number of hydrogen-bond donors (Lipinski definition) is 1. The monoisotopic (exact) mass is 237 g/mol. The molecule has 0 radical (unpaired) electrons. The highest BCUT2D eigenvalue weighted by Gasteiger charge is 2.32. The maximum atomic E-state index is 13.1. The van der Waals surface area contributed by atoms with Crippen LogP contribution in [0.1, 0.15) is 24.0 Å². The maximum Gasteiger partial charge on any atom is 0.123 e. The van der Waals surface area contributed by atoms with Crippen molar-refractivity contribution >= 4 is 0 Å². The molecule has 0 atom stereocenters. The van der Waals surface area contributed by atoms with Crippen molar-refractivity contribution in [2.24, 2.45) is 0 Å². The quantitative estimate of drug-likeness (QED) is 0.872. The normalized spacial score (nSPS) is 19.2. The molecule has 3 heteroatoms. The molecule has 1 aliphatic rings. The SMILES string of the molecule is COC1(Cc2ccc(F)cc2C)CCNCC1. The van der Waals surface area contributed by atoms with Crippen LogP contribution in [0.15, 0.2) is 18.2 Å². The van der Waals surface area contributed by atoms with Crippen molar-refractivity contribution in [1.29, 1.82) is 0 Å². The summed E-state index contributed by atoms with van der Waals surface area (Å²) in [5.41, 5.74) is 2.13. The number of ether oxygens (including phenoxy) is 1. The smallest absolute Gasteiger partial charge is 0.123 e. The molecule has 0 bridgehead atoms. The maximum absolute atomic E-state index is 13.1. The van der Waals surface area contributed by atoms with Crippen molar-refractivity contribution in [1.82, 2.24) is 5.32 Å². The van der Waals surface area contributed by atoms with Crippen LogP contribution >= 0.6 is 0 Å². The molecule has 2 nitrogen and oxygen atoms in total. The summed E-state index contributed by atoms with van der Waals surface area (Å²) < 4.78 is 18.8. The summed E-state index contributed by atoms with van der Waals surface area (Å²) in [7, 11) is 1.78. The van der Waals surface area contributed by atoms with Gasteiger partial charge in [0.2, 0.25) is 0 Å². The van der Waals surface area contributed by atoms with E-state index in [0.29, 0.717) is 0 Å². The minimum atomic E-state index is -0.164. The van der Waals surface area contributed by atoms with Crippen LogP contribution in [0.5, 0.6) is 0 Å². The molecule has 0 unspecified atom stereocenters. The number of aryl methyl sites for hydroxylation is 1. The van der Waals surface area contributed by atoms with Crippen molar-refractivity contribution in [3.05, 3.63) is 35.1 Å². The van der Waals surface area contributed by atoms with Crippen molar-refractivity contribution in [3.8, 4) is 0 Å². The third kappa shape index (κ3) is 2.85. The van der Waals surface area contributed by atoms with E-state index in [0.717, 1.165) is 37.9 Å². The van der Waals surface area contributed by atoms with Gasteiger partial charge < -0.3 is 10.1 Å². The van der Waals surface area contributed by atoms with Gasteiger partial charge in [-0.15, -0.1) is 0 Å². The van der Waals surface area contributed by atoms with Gasteiger partial charge in [0.05, 0.1) is 5.60 Å². The second-order valence-corrected chi connectivity index (χ2v) is 4.88. The van der Waals surface area contributed by atoms with Gasteiger partial charge >= 0.3 is 0 Å². The topological polar surface area (TPSA) is 21.3 Å². The fourth-order valence-electron chi connectivity index (χ4n) is 2.54. The zero-order chi connectivity index (χ0) is 12.3. The first-order valence-corrected chi connectivity index (χ1v) is 6.16. The molecule has 0 aliphatic carbocycles. The first-order valence-electron chi connectivity index (χ1n) is 6.16. The van der Waals surface area contributed by atoms with Crippen LogP contribution < -0.4 is 5.32 Å². The molecule has 1 N–H and O–H groups in total. The molecule has 94 valence electrons. The Morgan fingerprint density at radius 1 is 1.35 bits per heavy atom. The Balaban J connectivity index is 2.17. The van der Waals surface area contributed by atoms with Gasteiger partial charge in [-0.05, 0) is 56.1 Å². The Labute approximate surface area is 102 Å². The summed E-state index contributed by atoms with van der Waals surface area (Å²) in [6.07, 6.45) is 2.90. The number of nitrogens with one attached hydrogen (secondary N) is 1. The number of rotatable bonds is 3. The van der Waals surface area contributed by atoms with Gasteiger partial charge in [0.15, 0.2) is 0 Å². The van der Waals surface area contributed by atoms with E-state index in [-0.39, 0.29) is 11.4 Å². The molecule has 17 heavy (non-hydrogen) atoms. The first kappa shape index (κ1) is 12.5. The van der Waals surface area contributed by atoms with E-state index in [1.54, 1.807) is 13.2 Å². The molecule has 1 fully saturated rings. The van der Waals surface area contributed by atoms with Gasteiger partial charge in [0.25, 0.3) is 0 Å². The molecule has 1 aromatic carbocycles. The standard InChI is InChI=1S/C14H20FNO/c1-11-9-13(15)4-3-12(11)10-14(17-2)5-7-16-8-6-14/h3-4,9,16H,5-8,10H2,1-2H3. The fraction of sp³-hybridized carbons (Fsp3) is 0.571. The van der Waals surface area contributed by atoms with Crippen LogP contribution in [0.4, 0.5) is 4.39 Å². The largest absolute Gasteiger partial charge is 0.378 e. The van der Waals surface area contributed by atoms with Gasteiger partial charge in [-0.3, -0.25) is 0 Å². The molecule has 0 aromatic heterocycles. The molecular formula is C14H20FNO. The van der Waals surface area contributed by atoms with E-state index in [1.165, 1.54) is 11.6 Å². The van der Waals surface area contributed by atoms with Gasteiger partial charge in [-0.2, -0.15) is 0 Å². The highest BCUT2D eigenvalue weighted by Crippen LogP contribution is 2.28. The zero-order valence-electron chi connectivity index (χ0n) is 10.6. The lowest BCUT2D eigenvalue weighted by Gasteiger charge is -2.37. The zero-order valence-corrected chi connectivity index (χ0v) is 10.6. The van der Waals surface area contributed by atoms with Crippen LogP contribution in [0, 0.1) is 12.7 Å². The predicted octanol–water partition coefficient (Wildman–Crippen LogP) is 2.45. The summed E-state index contributed by atoms with van der Waals surface area (Å²) in [6, 6.07) is 5.01. The third-order valence-electron chi connectivity index (χ3n) is 3.77. The Kier molecular flexibility index (Phi) is 3.79. The predicted molar refractivity (Wildman–Crippen MR) is 66.7 cm³/mol. The van der Waals surface area contributed by atoms with Crippen LogP contribution in [-0.4, -0.2) is 25.8 Å². The summed E-state index contributed by atoms with van der Waals surface area (Å²) in [5.74, 6) is -0.164. The van der Waals surface area contributed by atoms with Crippen LogP contribution in [0.3, 0.4) is 0 Å². The molecule has 0 amide bonds. The highest BCUT2D eigenvalue weighted by molar-refractivity contribution is 5.28. The van der Waals surface area contributed by atoms with Gasteiger partial charge in [0, 0.05) is 13.5 Å². The number of methoxy groups -OCH3 is 1. The van der Waals surface area contributed by atoms with Crippen molar-refractivity contribution < 1.29 is 9.13 Å². The van der Waals surface area contributed by atoms with Gasteiger partial charge in [0.1, 0.15) is 5.82 Å². The lowest BCUT2D eigenvalue weighted by Crippen LogP contribution is -2.45. The summed E-state index contributed by atoms with van der Waals surface area (Å²) >= 11 is 0. The first-order chi connectivity index (χ1) is 8.15. The highest BCUT2D eigenvalue weighted by atomic mass is 19.1. The lowest BCUT2D eigenvalue weighted by molar-refractivity contribution is -0.0334. The Hall–Kier alpha value is -0.930. The minimum absolute atomic E-state index is 0.0756. The van der Waals surface area contributed by atoms with Crippen LogP contribution in [0.2, 0.25) is 0 Å². The van der Waals surface area contributed by atoms with E-state index >= 15 is 0 Å². The number of halogens is 1. The summed E-state index contributed by atoms with van der Waals surface area (Å²) in [6.45, 7) is 3.95. The van der Waals surface area contributed by atoms with Crippen molar-refractivity contribution in [2.75, 3.05) is 20.2 Å². The minimum Gasteiger partial charge on any atom is -0.378 e. The van der Waals surface area contributed by atoms with E-state index in [1.807, 2.05) is 13.0 Å². The molecule has 0 spiro atoms. The van der Waals surface area contributed by atoms with Crippen molar-refractivity contribution in [2.45, 2.75) is 31.8 Å². The molecule has 1 heterocycles. The summed E-state index contributed by atoms with van der Waals surface area (Å²) in [4.78, 5) is 0. The van der Waals surface area contributed by atoms with Crippen LogP contribution in [0.25, 0.3) is 0 Å².